The maximum absolute atomic E-state index is 10.7. The molecule has 6 heteroatoms. The Labute approximate surface area is 124 Å². The highest BCUT2D eigenvalue weighted by atomic mass is 16.6. The molecule has 2 N–H and O–H groups in total. The standard InChI is InChI=1S/C15H21N3O3/c1-15(2,11-17)7-3-4-8-21-14-6-5-13(18(19)20)9-12(14)10-16/h5-6,9H,3-4,7-8,10,16H2,1-2H3. The molecular formula is C15H21N3O3. The Bertz CT molecular complexity index is 535. The highest BCUT2D eigenvalue weighted by Gasteiger charge is 2.15. The van der Waals surface area contributed by atoms with Crippen molar-refractivity contribution in [3.05, 3.63) is 33.9 Å². The Morgan fingerprint density at radius 3 is 2.71 bits per heavy atom. The average molecular weight is 291 g/mol. The minimum Gasteiger partial charge on any atom is -0.493 e. The van der Waals surface area contributed by atoms with Gasteiger partial charge in [0.05, 0.1) is 23.0 Å². The minimum absolute atomic E-state index is 0.0126. The van der Waals surface area contributed by atoms with Crippen molar-refractivity contribution in [2.24, 2.45) is 11.1 Å². The molecule has 0 atom stereocenters. The minimum atomic E-state index is -0.451. The lowest BCUT2D eigenvalue weighted by atomic mass is 9.89. The maximum atomic E-state index is 10.7. The average Bonchev–Trinajstić information content (AvgIpc) is 2.46. The van der Waals surface area contributed by atoms with Crippen LogP contribution < -0.4 is 10.5 Å². The van der Waals surface area contributed by atoms with Crippen molar-refractivity contribution in [3.63, 3.8) is 0 Å². The van der Waals surface area contributed by atoms with Gasteiger partial charge >= 0.3 is 0 Å². The van der Waals surface area contributed by atoms with E-state index in [1.807, 2.05) is 13.8 Å². The third-order valence-electron chi connectivity index (χ3n) is 3.23. The van der Waals surface area contributed by atoms with Gasteiger partial charge in [-0.3, -0.25) is 10.1 Å². The quantitative estimate of drug-likeness (QED) is 0.450. The summed E-state index contributed by atoms with van der Waals surface area (Å²) in [4.78, 5) is 10.2. The first-order chi connectivity index (χ1) is 9.89. The molecule has 0 amide bonds. The van der Waals surface area contributed by atoms with Crippen molar-refractivity contribution in [2.45, 2.75) is 39.7 Å². The topological polar surface area (TPSA) is 102 Å². The number of nitrogens with two attached hydrogens (primary N) is 1. The van der Waals surface area contributed by atoms with E-state index in [-0.39, 0.29) is 17.6 Å². The number of ether oxygens (including phenoxy) is 1. The van der Waals surface area contributed by atoms with Crippen LogP contribution in [0.1, 0.15) is 38.7 Å². The van der Waals surface area contributed by atoms with Crippen molar-refractivity contribution in [1.82, 2.24) is 0 Å². The van der Waals surface area contributed by atoms with Crippen molar-refractivity contribution in [2.75, 3.05) is 6.61 Å². The maximum Gasteiger partial charge on any atom is 0.270 e. The molecule has 0 aliphatic carbocycles. The van der Waals surface area contributed by atoms with Gasteiger partial charge in [0, 0.05) is 24.2 Å². The largest absolute Gasteiger partial charge is 0.493 e. The van der Waals surface area contributed by atoms with Crippen molar-refractivity contribution < 1.29 is 9.66 Å². The Kier molecular flexibility index (Phi) is 6.12. The first kappa shape index (κ1) is 16.9. The molecule has 1 aromatic carbocycles. The Morgan fingerprint density at radius 2 is 2.14 bits per heavy atom. The lowest BCUT2D eigenvalue weighted by Gasteiger charge is -2.15. The third kappa shape index (κ3) is 5.40. The van der Waals surface area contributed by atoms with Gasteiger partial charge in [-0.2, -0.15) is 5.26 Å². The molecule has 0 aromatic heterocycles. The smallest absolute Gasteiger partial charge is 0.270 e. The first-order valence-corrected chi connectivity index (χ1v) is 6.91. The summed E-state index contributed by atoms with van der Waals surface area (Å²) in [5.41, 5.74) is 5.92. The number of nitriles is 1. The molecule has 1 rings (SSSR count). The predicted molar refractivity (Wildman–Crippen MR) is 79.7 cm³/mol. The number of nitrogens with zero attached hydrogens (tertiary/aromatic N) is 2. The zero-order valence-corrected chi connectivity index (χ0v) is 12.5. The normalized spacial score (nSPS) is 11.0. The van der Waals surface area contributed by atoms with Gasteiger partial charge in [0.1, 0.15) is 5.75 Å². The Hall–Kier alpha value is -2.13. The lowest BCUT2D eigenvalue weighted by Crippen LogP contribution is -2.09. The van der Waals surface area contributed by atoms with Crippen LogP contribution in [0.25, 0.3) is 0 Å². The van der Waals surface area contributed by atoms with Gasteiger partial charge in [0.2, 0.25) is 0 Å². The lowest BCUT2D eigenvalue weighted by molar-refractivity contribution is -0.384. The molecular weight excluding hydrogens is 270 g/mol. The molecule has 0 heterocycles. The van der Waals surface area contributed by atoms with Crippen LogP contribution in [0.2, 0.25) is 0 Å². The fraction of sp³-hybridized carbons (Fsp3) is 0.533. The summed E-state index contributed by atoms with van der Waals surface area (Å²) < 4.78 is 5.63. The van der Waals surface area contributed by atoms with E-state index in [9.17, 15) is 10.1 Å². The molecule has 0 radical (unpaired) electrons. The van der Waals surface area contributed by atoms with Gasteiger partial charge in [-0.25, -0.2) is 0 Å². The van der Waals surface area contributed by atoms with E-state index in [1.165, 1.54) is 12.1 Å². The van der Waals surface area contributed by atoms with Crippen LogP contribution in [-0.2, 0) is 6.54 Å². The van der Waals surface area contributed by atoms with Gasteiger partial charge in [-0.1, -0.05) is 0 Å². The van der Waals surface area contributed by atoms with Crippen molar-refractivity contribution >= 4 is 5.69 Å². The number of hydrogen-bond acceptors (Lipinski definition) is 5. The van der Waals surface area contributed by atoms with Crippen molar-refractivity contribution in [1.29, 1.82) is 5.26 Å². The number of unbranched alkanes of at least 4 members (excludes halogenated alkanes) is 1. The monoisotopic (exact) mass is 291 g/mol. The van der Waals surface area contributed by atoms with Crippen LogP contribution in [0, 0.1) is 26.9 Å². The van der Waals surface area contributed by atoms with E-state index in [2.05, 4.69) is 6.07 Å². The van der Waals surface area contributed by atoms with Gasteiger partial charge in [0.25, 0.3) is 5.69 Å². The zero-order valence-electron chi connectivity index (χ0n) is 12.5. The summed E-state index contributed by atoms with van der Waals surface area (Å²) >= 11 is 0. The van der Waals surface area contributed by atoms with Gasteiger partial charge in [-0.05, 0) is 39.2 Å². The molecule has 21 heavy (non-hydrogen) atoms. The Balaban J connectivity index is 2.49. The van der Waals surface area contributed by atoms with Crippen LogP contribution in [0.4, 0.5) is 5.69 Å². The highest BCUT2D eigenvalue weighted by Crippen LogP contribution is 2.25. The van der Waals surface area contributed by atoms with Crippen LogP contribution in [-0.4, -0.2) is 11.5 Å². The molecule has 0 saturated carbocycles. The van der Waals surface area contributed by atoms with Crippen LogP contribution in [0.5, 0.6) is 5.75 Å². The zero-order chi connectivity index (χ0) is 15.9. The summed E-state index contributed by atoms with van der Waals surface area (Å²) in [5, 5.41) is 19.6. The molecule has 1 aromatic rings. The number of hydrogen-bond donors (Lipinski definition) is 1. The fourth-order valence-electron chi connectivity index (χ4n) is 1.89. The number of nitro groups is 1. The second kappa shape index (κ2) is 7.60. The summed E-state index contributed by atoms with van der Waals surface area (Å²) in [5.74, 6) is 0.586. The van der Waals surface area contributed by atoms with Gasteiger partial charge in [-0.15, -0.1) is 0 Å². The van der Waals surface area contributed by atoms with Gasteiger partial charge in [0.15, 0.2) is 0 Å². The number of nitro benzene ring substituents is 1. The third-order valence-corrected chi connectivity index (χ3v) is 3.23. The second-order valence-corrected chi connectivity index (χ2v) is 5.55. The Morgan fingerprint density at radius 1 is 1.43 bits per heavy atom. The molecule has 0 saturated heterocycles. The molecule has 0 fully saturated rings. The number of benzene rings is 1. The fourth-order valence-corrected chi connectivity index (χ4v) is 1.89. The summed E-state index contributed by atoms with van der Waals surface area (Å²) in [6.07, 6.45) is 2.54. The number of rotatable bonds is 8. The van der Waals surface area contributed by atoms with Crippen LogP contribution >= 0.6 is 0 Å². The van der Waals surface area contributed by atoms with E-state index in [0.29, 0.717) is 17.9 Å². The van der Waals surface area contributed by atoms with Crippen LogP contribution in [0.3, 0.4) is 0 Å². The summed E-state index contributed by atoms with van der Waals surface area (Å²) in [6.45, 7) is 4.53. The van der Waals surface area contributed by atoms with E-state index in [1.54, 1.807) is 6.07 Å². The van der Waals surface area contributed by atoms with E-state index < -0.39 is 4.92 Å². The summed E-state index contributed by atoms with van der Waals surface area (Å²) in [7, 11) is 0. The van der Waals surface area contributed by atoms with E-state index >= 15 is 0 Å². The SMILES string of the molecule is CC(C)(C#N)CCCCOc1ccc([N+](=O)[O-])cc1CN. The van der Waals surface area contributed by atoms with Crippen LogP contribution in [0.15, 0.2) is 18.2 Å². The molecule has 114 valence electrons. The molecule has 0 unspecified atom stereocenters. The molecule has 0 bridgehead atoms. The second-order valence-electron chi connectivity index (χ2n) is 5.55. The molecule has 0 spiro atoms. The molecule has 0 aliphatic rings. The molecule has 0 aliphatic heterocycles. The molecule has 6 nitrogen and oxygen atoms in total. The van der Waals surface area contributed by atoms with E-state index in [0.717, 1.165) is 19.3 Å². The van der Waals surface area contributed by atoms with Gasteiger partial charge < -0.3 is 10.5 Å². The first-order valence-electron chi connectivity index (χ1n) is 6.91. The highest BCUT2D eigenvalue weighted by molar-refractivity contribution is 5.43. The summed E-state index contributed by atoms with van der Waals surface area (Å²) in [6, 6.07) is 6.70. The van der Waals surface area contributed by atoms with Crippen molar-refractivity contribution in [3.8, 4) is 11.8 Å². The predicted octanol–water partition coefficient (Wildman–Crippen LogP) is 3.15. The number of non-ortho nitro benzene ring substituents is 1. The van der Waals surface area contributed by atoms with E-state index in [4.69, 9.17) is 15.7 Å².